The maximum atomic E-state index is 14.3. The summed E-state index contributed by atoms with van der Waals surface area (Å²) in [5.74, 6) is -0.0725. The number of carbonyl (C=O) groups is 1. The smallest absolute Gasteiger partial charge is 0.226 e. The van der Waals surface area contributed by atoms with E-state index in [1.807, 2.05) is 6.07 Å². The lowest BCUT2D eigenvalue weighted by Crippen LogP contribution is -2.25. The van der Waals surface area contributed by atoms with Crippen molar-refractivity contribution in [1.29, 1.82) is 0 Å². The highest BCUT2D eigenvalue weighted by molar-refractivity contribution is 5.91. The van der Waals surface area contributed by atoms with Gasteiger partial charge in [-0.3, -0.25) is 4.79 Å². The fourth-order valence-corrected chi connectivity index (χ4v) is 2.33. The second-order valence-corrected chi connectivity index (χ2v) is 5.76. The molecule has 0 spiro atoms. The van der Waals surface area contributed by atoms with E-state index in [0.717, 1.165) is 12.1 Å². The summed E-state index contributed by atoms with van der Waals surface area (Å²) in [4.78, 5) is 11.8. The molecule has 22 heavy (non-hydrogen) atoms. The summed E-state index contributed by atoms with van der Waals surface area (Å²) in [6, 6.07) is 3.50. The molecule has 4 nitrogen and oxygen atoms in total. The molecule has 6 heteroatoms. The molecule has 0 saturated heterocycles. The molecule has 0 fully saturated rings. The topological polar surface area (TPSA) is 50.4 Å². The summed E-state index contributed by atoms with van der Waals surface area (Å²) in [7, 11) is 0. The molecule has 0 unspecified atom stereocenters. The van der Waals surface area contributed by atoms with Crippen LogP contribution in [0, 0.1) is 11.7 Å². The molecular weight excluding hydrogens is 307 g/mol. The maximum Gasteiger partial charge on any atom is 0.226 e. The van der Waals surface area contributed by atoms with Crippen molar-refractivity contribution in [3.8, 4) is 0 Å². The van der Waals surface area contributed by atoms with Gasteiger partial charge in [-0.2, -0.15) is 0 Å². The first kappa shape index (κ1) is 18.9. The Hall–Kier alpha value is -1.17. The van der Waals surface area contributed by atoms with E-state index < -0.39 is 0 Å². The van der Waals surface area contributed by atoms with Crippen LogP contribution >= 0.6 is 12.4 Å². The lowest BCUT2D eigenvalue weighted by molar-refractivity contribution is -0.117. The van der Waals surface area contributed by atoms with Crippen LogP contribution in [0.3, 0.4) is 0 Å². The zero-order valence-corrected chi connectivity index (χ0v) is 13.9. The molecule has 124 valence electrons. The lowest BCUT2D eigenvalue weighted by atomic mass is 9.99. The van der Waals surface area contributed by atoms with Gasteiger partial charge in [-0.15, -0.1) is 12.4 Å². The third kappa shape index (κ3) is 5.23. The fourth-order valence-electron chi connectivity index (χ4n) is 2.33. The molecule has 1 amide bonds. The molecule has 0 saturated carbocycles. The van der Waals surface area contributed by atoms with Crippen LogP contribution in [-0.2, 0) is 22.5 Å². The van der Waals surface area contributed by atoms with Gasteiger partial charge in [0.1, 0.15) is 5.82 Å². The quantitative estimate of drug-likeness (QED) is 0.789. The molecule has 2 rings (SSSR count). The first-order valence-electron chi connectivity index (χ1n) is 7.46. The van der Waals surface area contributed by atoms with Crippen LogP contribution in [0.15, 0.2) is 12.1 Å². The molecule has 0 aliphatic carbocycles. The van der Waals surface area contributed by atoms with Crippen molar-refractivity contribution in [3.05, 3.63) is 29.1 Å². The lowest BCUT2D eigenvalue weighted by Gasteiger charge is -2.19. The maximum absolute atomic E-state index is 14.3. The van der Waals surface area contributed by atoms with Gasteiger partial charge in [0.05, 0.1) is 18.7 Å². The number of hydrogen-bond donors (Lipinski definition) is 2. The Morgan fingerprint density at radius 1 is 1.45 bits per heavy atom. The zero-order chi connectivity index (χ0) is 15.2. The first-order chi connectivity index (χ1) is 10.1. The van der Waals surface area contributed by atoms with E-state index >= 15 is 0 Å². The molecule has 2 N–H and O–H groups in total. The van der Waals surface area contributed by atoms with Gasteiger partial charge in [-0.1, -0.05) is 19.9 Å². The number of nitrogens with one attached hydrogen (secondary N) is 2. The van der Waals surface area contributed by atoms with Crippen LogP contribution in [0.4, 0.5) is 10.1 Å². The molecule has 1 aliphatic rings. The second-order valence-electron chi connectivity index (χ2n) is 5.76. The average molecular weight is 331 g/mol. The van der Waals surface area contributed by atoms with Crippen LogP contribution < -0.4 is 10.6 Å². The van der Waals surface area contributed by atoms with Crippen molar-refractivity contribution in [2.24, 2.45) is 5.92 Å². The summed E-state index contributed by atoms with van der Waals surface area (Å²) in [6.07, 6.45) is 0.896. The number of fused-ring (bicyclic) bond motifs is 1. The van der Waals surface area contributed by atoms with Crippen molar-refractivity contribution in [1.82, 2.24) is 5.32 Å². The predicted octanol–water partition coefficient (Wildman–Crippen LogP) is 2.89. The van der Waals surface area contributed by atoms with Gasteiger partial charge in [-0.25, -0.2) is 4.39 Å². The first-order valence-corrected chi connectivity index (χ1v) is 7.46. The number of carbonyl (C=O) groups excluding carboxylic acids is 1. The molecule has 1 aromatic rings. The van der Waals surface area contributed by atoms with E-state index in [-0.39, 0.29) is 36.2 Å². The predicted molar refractivity (Wildman–Crippen MR) is 88.0 cm³/mol. The summed E-state index contributed by atoms with van der Waals surface area (Å²) in [6.45, 7) is 6.55. The number of benzene rings is 1. The second kappa shape index (κ2) is 9.08. The Bertz CT molecular complexity index is 509. The minimum atomic E-state index is -0.301. The number of amides is 1. The molecule has 0 atom stereocenters. The molecule has 1 aromatic carbocycles. The van der Waals surface area contributed by atoms with E-state index in [0.29, 0.717) is 37.7 Å². The number of rotatable bonds is 6. The van der Waals surface area contributed by atoms with Gasteiger partial charge in [0.2, 0.25) is 5.91 Å². The summed E-state index contributed by atoms with van der Waals surface area (Å²) >= 11 is 0. The molecule has 1 aliphatic heterocycles. The third-order valence-corrected chi connectivity index (χ3v) is 3.41. The highest BCUT2D eigenvalue weighted by Crippen LogP contribution is 2.24. The van der Waals surface area contributed by atoms with Crippen molar-refractivity contribution in [2.45, 2.75) is 33.2 Å². The minimum absolute atomic E-state index is 0. The minimum Gasteiger partial charge on any atom is -0.381 e. The van der Waals surface area contributed by atoms with Crippen LogP contribution in [-0.4, -0.2) is 25.7 Å². The average Bonchev–Trinajstić information content (AvgIpc) is 2.47. The van der Waals surface area contributed by atoms with Gasteiger partial charge in [0.15, 0.2) is 0 Å². The van der Waals surface area contributed by atoms with E-state index in [4.69, 9.17) is 4.74 Å². The Balaban J connectivity index is 0.00000242. The summed E-state index contributed by atoms with van der Waals surface area (Å²) in [5.41, 5.74) is 1.95. The Morgan fingerprint density at radius 2 is 2.23 bits per heavy atom. The van der Waals surface area contributed by atoms with Gasteiger partial charge in [0.25, 0.3) is 0 Å². The Labute approximate surface area is 137 Å². The van der Waals surface area contributed by atoms with Crippen molar-refractivity contribution in [3.63, 3.8) is 0 Å². The van der Waals surface area contributed by atoms with Gasteiger partial charge in [0, 0.05) is 13.2 Å². The third-order valence-electron chi connectivity index (χ3n) is 3.41. The molecule has 0 bridgehead atoms. The Kier molecular flexibility index (Phi) is 7.79. The monoisotopic (exact) mass is 330 g/mol. The number of ether oxygens (including phenoxy) is 1. The van der Waals surface area contributed by atoms with Crippen LogP contribution in [0.25, 0.3) is 0 Å². The van der Waals surface area contributed by atoms with Gasteiger partial charge in [-0.05, 0) is 36.1 Å². The largest absolute Gasteiger partial charge is 0.381 e. The van der Waals surface area contributed by atoms with Crippen LogP contribution in [0.1, 0.15) is 31.4 Å². The zero-order valence-electron chi connectivity index (χ0n) is 13.1. The highest BCUT2D eigenvalue weighted by Gasteiger charge is 2.17. The van der Waals surface area contributed by atoms with E-state index in [1.165, 1.54) is 0 Å². The van der Waals surface area contributed by atoms with Gasteiger partial charge < -0.3 is 15.4 Å². The molecular formula is C16H24ClFN2O2. The fraction of sp³-hybridized carbons (Fsp3) is 0.562. The van der Waals surface area contributed by atoms with Crippen molar-refractivity contribution in [2.75, 3.05) is 25.1 Å². The standard InChI is InChI=1S/C16H23FN2O2.ClH/c1-11(2)10-21-8-6-15(20)19-14-4-3-12-9-18-7-5-13(12)16(14)17;/h3-4,11,18H,5-10H2,1-2H3,(H,19,20);1H. The number of anilines is 1. The highest BCUT2D eigenvalue weighted by atomic mass is 35.5. The van der Waals surface area contributed by atoms with Crippen molar-refractivity contribution >= 4 is 24.0 Å². The molecule has 0 aromatic heterocycles. The van der Waals surface area contributed by atoms with Gasteiger partial charge >= 0.3 is 0 Å². The summed E-state index contributed by atoms with van der Waals surface area (Å²) < 4.78 is 19.7. The number of halogens is 2. The normalized spacial score (nSPS) is 13.5. The summed E-state index contributed by atoms with van der Waals surface area (Å²) in [5, 5.41) is 5.84. The molecule has 0 radical (unpaired) electrons. The molecule has 1 heterocycles. The number of hydrogen-bond acceptors (Lipinski definition) is 3. The van der Waals surface area contributed by atoms with E-state index in [9.17, 15) is 9.18 Å². The van der Waals surface area contributed by atoms with Crippen LogP contribution in [0.5, 0.6) is 0 Å². The van der Waals surface area contributed by atoms with Crippen LogP contribution in [0.2, 0.25) is 0 Å². The Morgan fingerprint density at radius 3 is 2.95 bits per heavy atom. The SMILES string of the molecule is CC(C)COCCC(=O)Nc1ccc2c(c1F)CCNC2.Cl. The van der Waals surface area contributed by atoms with E-state index in [1.54, 1.807) is 6.07 Å². The van der Waals surface area contributed by atoms with Crippen molar-refractivity contribution < 1.29 is 13.9 Å². The van der Waals surface area contributed by atoms with E-state index in [2.05, 4.69) is 24.5 Å².